The quantitative estimate of drug-likeness (QED) is 0.669. The third-order valence-corrected chi connectivity index (χ3v) is 6.88. The molecule has 96 valence electrons. The Labute approximate surface area is 124 Å². The van der Waals surface area contributed by atoms with E-state index < -0.39 is 0 Å². The van der Waals surface area contributed by atoms with Gasteiger partial charge in [0, 0.05) is 9.35 Å². The molecule has 0 amide bonds. The summed E-state index contributed by atoms with van der Waals surface area (Å²) in [5.41, 5.74) is 0. The van der Waals surface area contributed by atoms with E-state index in [0.717, 1.165) is 19.6 Å². The number of halogens is 2. The number of hydrogen-bond donors (Lipinski definition) is 1. The third kappa shape index (κ3) is 4.05. The summed E-state index contributed by atoms with van der Waals surface area (Å²) < 4.78 is 2.13. The lowest BCUT2D eigenvalue weighted by molar-refractivity contribution is 0.142. The van der Waals surface area contributed by atoms with Crippen LogP contribution in [-0.4, -0.2) is 5.11 Å². The molecular weight excluding hydrogens is 364 g/mol. The minimum Gasteiger partial charge on any atom is -0.388 e. The first-order valence-corrected chi connectivity index (χ1v) is 8.70. The van der Waals surface area contributed by atoms with Crippen LogP contribution in [0, 0.1) is 5.92 Å². The van der Waals surface area contributed by atoms with Crippen molar-refractivity contribution in [1.29, 1.82) is 0 Å². The van der Waals surface area contributed by atoms with E-state index in [1.165, 1.54) is 38.5 Å². The molecule has 0 bridgehead atoms. The van der Waals surface area contributed by atoms with Crippen LogP contribution in [0.1, 0.15) is 55.9 Å². The number of aliphatic hydroxyl groups is 1. The maximum absolute atomic E-state index is 10.3. The Morgan fingerprint density at radius 3 is 2.41 bits per heavy atom. The summed E-state index contributed by atoms with van der Waals surface area (Å²) >= 11 is 8.59. The van der Waals surface area contributed by atoms with E-state index in [1.807, 2.05) is 6.07 Å². The van der Waals surface area contributed by atoms with E-state index in [-0.39, 0.29) is 6.10 Å². The number of rotatable bonds is 3. The molecule has 1 fully saturated rings. The molecule has 1 aliphatic carbocycles. The highest BCUT2D eigenvalue weighted by atomic mass is 79.9. The summed E-state index contributed by atoms with van der Waals surface area (Å²) in [6.07, 6.45) is 8.68. The average molecular weight is 382 g/mol. The van der Waals surface area contributed by atoms with Crippen LogP contribution >= 0.6 is 43.2 Å². The largest absolute Gasteiger partial charge is 0.388 e. The second-order valence-corrected chi connectivity index (χ2v) is 8.14. The SMILES string of the molecule is OC(CC1CCCCCC1)c1cc(Br)c(Br)s1. The maximum Gasteiger partial charge on any atom is 0.0885 e. The molecule has 2 rings (SSSR count). The Morgan fingerprint density at radius 2 is 1.88 bits per heavy atom. The van der Waals surface area contributed by atoms with Gasteiger partial charge in [-0.3, -0.25) is 0 Å². The van der Waals surface area contributed by atoms with Crippen LogP contribution in [0.25, 0.3) is 0 Å². The van der Waals surface area contributed by atoms with Crippen molar-refractivity contribution in [3.8, 4) is 0 Å². The fourth-order valence-corrected chi connectivity index (χ4v) is 4.65. The van der Waals surface area contributed by atoms with Gasteiger partial charge >= 0.3 is 0 Å². The first kappa shape index (κ1) is 14.0. The second-order valence-electron chi connectivity index (χ2n) is 4.88. The van der Waals surface area contributed by atoms with Crippen LogP contribution in [0.2, 0.25) is 0 Å². The Bertz CT molecular complexity index is 337. The van der Waals surface area contributed by atoms with E-state index in [4.69, 9.17) is 0 Å². The zero-order valence-corrected chi connectivity index (χ0v) is 13.8. The van der Waals surface area contributed by atoms with Gasteiger partial charge in [0.1, 0.15) is 0 Å². The maximum atomic E-state index is 10.3. The van der Waals surface area contributed by atoms with Crippen molar-refractivity contribution in [2.75, 3.05) is 0 Å². The van der Waals surface area contributed by atoms with Crippen LogP contribution in [0.4, 0.5) is 0 Å². The molecule has 0 radical (unpaired) electrons. The fraction of sp³-hybridized carbons (Fsp3) is 0.692. The molecule has 1 saturated carbocycles. The Hall–Kier alpha value is 0.620. The number of hydrogen-bond acceptors (Lipinski definition) is 2. The molecule has 4 heteroatoms. The van der Waals surface area contributed by atoms with Gasteiger partial charge in [-0.15, -0.1) is 11.3 Å². The molecule has 1 aliphatic rings. The van der Waals surface area contributed by atoms with Crippen LogP contribution in [0.3, 0.4) is 0 Å². The normalized spacial score (nSPS) is 20.2. The smallest absolute Gasteiger partial charge is 0.0885 e. The molecule has 1 heterocycles. The third-order valence-electron chi connectivity index (χ3n) is 3.52. The molecule has 0 saturated heterocycles. The molecule has 17 heavy (non-hydrogen) atoms. The van der Waals surface area contributed by atoms with Gasteiger partial charge in [0.15, 0.2) is 0 Å². The van der Waals surface area contributed by atoms with Crippen molar-refractivity contribution in [3.63, 3.8) is 0 Å². The van der Waals surface area contributed by atoms with Crippen LogP contribution < -0.4 is 0 Å². The summed E-state index contributed by atoms with van der Waals surface area (Å²) in [5, 5.41) is 10.3. The van der Waals surface area contributed by atoms with E-state index in [2.05, 4.69) is 31.9 Å². The van der Waals surface area contributed by atoms with Crippen LogP contribution in [-0.2, 0) is 0 Å². The molecule has 1 unspecified atom stereocenters. The average Bonchev–Trinajstić information content (AvgIpc) is 2.54. The molecule has 0 spiro atoms. The second kappa shape index (κ2) is 6.69. The van der Waals surface area contributed by atoms with Gasteiger partial charge in [-0.05, 0) is 50.3 Å². The van der Waals surface area contributed by atoms with E-state index in [1.54, 1.807) is 11.3 Å². The molecule has 0 aliphatic heterocycles. The number of aliphatic hydroxyl groups excluding tert-OH is 1. The molecule has 1 atom stereocenters. The first-order chi connectivity index (χ1) is 8.16. The van der Waals surface area contributed by atoms with E-state index >= 15 is 0 Å². The topological polar surface area (TPSA) is 20.2 Å². The van der Waals surface area contributed by atoms with Crippen molar-refractivity contribution in [1.82, 2.24) is 0 Å². The molecule has 1 aromatic rings. The molecule has 1 N–H and O–H groups in total. The van der Waals surface area contributed by atoms with Gasteiger partial charge in [-0.25, -0.2) is 0 Å². The van der Waals surface area contributed by atoms with Gasteiger partial charge in [0.2, 0.25) is 0 Å². The van der Waals surface area contributed by atoms with Crippen molar-refractivity contribution < 1.29 is 5.11 Å². The van der Waals surface area contributed by atoms with Gasteiger partial charge in [-0.2, -0.15) is 0 Å². The van der Waals surface area contributed by atoms with Gasteiger partial charge in [0.05, 0.1) is 9.89 Å². The zero-order valence-electron chi connectivity index (χ0n) is 9.79. The molecule has 0 aromatic carbocycles. The minimum absolute atomic E-state index is 0.286. The summed E-state index contributed by atoms with van der Waals surface area (Å²) in [6, 6.07) is 2.04. The zero-order chi connectivity index (χ0) is 12.3. The van der Waals surface area contributed by atoms with Crippen molar-refractivity contribution in [3.05, 3.63) is 19.2 Å². The lowest BCUT2D eigenvalue weighted by atomic mass is 9.93. The monoisotopic (exact) mass is 380 g/mol. The number of thiophene rings is 1. The molecule has 1 aromatic heterocycles. The molecular formula is C13H18Br2OS. The molecule has 1 nitrogen and oxygen atoms in total. The first-order valence-electron chi connectivity index (χ1n) is 6.29. The lowest BCUT2D eigenvalue weighted by Gasteiger charge is -2.17. The minimum atomic E-state index is -0.286. The van der Waals surface area contributed by atoms with Crippen molar-refractivity contribution >= 4 is 43.2 Å². The summed E-state index contributed by atoms with van der Waals surface area (Å²) in [7, 11) is 0. The fourth-order valence-electron chi connectivity index (χ4n) is 2.56. The van der Waals surface area contributed by atoms with Gasteiger partial charge < -0.3 is 5.11 Å². The summed E-state index contributed by atoms with van der Waals surface area (Å²) in [6.45, 7) is 0. The van der Waals surface area contributed by atoms with Crippen molar-refractivity contribution in [2.45, 2.75) is 51.0 Å². The predicted octanol–water partition coefficient (Wildman–Crippen LogP) is 5.67. The van der Waals surface area contributed by atoms with E-state index in [9.17, 15) is 5.11 Å². The summed E-state index contributed by atoms with van der Waals surface area (Å²) in [4.78, 5) is 1.08. The lowest BCUT2D eigenvalue weighted by Crippen LogP contribution is -2.05. The van der Waals surface area contributed by atoms with Gasteiger partial charge in [-0.1, -0.05) is 38.5 Å². The van der Waals surface area contributed by atoms with Crippen LogP contribution in [0.15, 0.2) is 14.3 Å². The Morgan fingerprint density at radius 1 is 1.24 bits per heavy atom. The highest BCUT2D eigenvalue weighted by Gasteiger charge is 2.19. The standard InChI is InChI=1S/C13H18Br2OS/c14-10-8-12(17-13(10)15)11(16)7-9-5-3-1-2-4-6-9/h8-9,11,16H,1-7H2. The van der Waals surface area contributed by atoms with Crippen LogP contribution in [0.5, 0.6) is 0 Å². The summed E-state index contributed by atoms with van der Waals surface area (Å²) in [5.74, 6) is 0.715. The Balaban J connectivity index is 1.93. The Kier molecular flexibility index (Phi) is 5.52. The highest BCUT2D eigenvalue weighted by molar-refractivity contribution is 9.13. The predicted molar refractivity (Wildman–Crippen MR) is 80.5 cm³/mol. The van der Waals surface area contributed by atoms with Crippen molar-refractivity contribution in [2.24, 2.45) is 5.92 Å². The van der Waals surface area contributed by atoms with E-state index in [0.29, 0.717) is 5.92 Å². The van der Waals surface area contributed by atoms with Gasteiger partial charge in [0.25, 0.3) is 0 Å². The highest BCUT2D eigenvalue weighted by Crippen LogP contribution is 2.38.